The normalized spacial score (nSPS) is 16.8. The molecule has 1 aliphatic rings. The maximum absolute atomic E-state index is 12.5. The zero-order valence-electron chi connectivity index (χ0n) is 12.5. The minimum absolute atomic E-state index is 0.0394. The van der Waals surface area contributed by atoms with E-state index >= 15 is 0 Å². The topological polar surface area (TPSA) is 59.3 Å². The number of hydrazone groups is 1. The first-order valence-corrected chi connectivity index (χ1v) is 7.66. The van der Waals surface area contributed by atoms with Gasteiger partial charge in [-0.2, -0.15) is 5.10 Å². The Hall–Kier alpha value is -2.95. The predicted octanol–water partition coefficient (Wildman–Crippen LogP) is 2.98. The fourth-order valence-corrected chi connectivity index (χ4v) is 2.94. The van der Waals surface area contributed by atoms with Crippen molar-refractivity contribution >= 4 is 22.8 Å². The Morgan fingerprint density at radius 1 is 1.13 bits per heavy atom. The Morgan fingerprint density at radius 3 is 2.78 bits per heavy atom. The number of fused-ring (bicyclic) bond motifs is 2. The molecule has 3 aromatic rings. The maximum Gasteiger partial charge on any atom is 0.261 e. The van der Waals surface area contributed by atoms with Gasteiger partial charge in [-0.05, 0) is 30.7 Å². The molecule has 23 heavy (non-hydrogen) atoms. The highest BCUT2D eigenvalue weighted by Crippen LogP contribution is 2.24. The lowest BCUT2D eigenvalue weighted by Crippen LogP contribution is -2.21. The molecule has 1 aliphatic heterocycles. The Kier molecular flexibility index (Phi) is 3.38. The van der Waals surface area contributed by atoms with Gasteiger partial charge in [-0.25, -0.2) is 4.98 Å². The summed E-state index contributed by atoms with van der Waals surface area (Å²) in [7, 11) is 0. The molecule has 0 spiro atoms. The second kappa shape index (κ2) is 5.68. The number of nitrogens with zero attached hydrogens (tertiary/aromatic N) is 3. The van der Waals surface area contributed by atoms with Crippen molar-refractivity contribution in [2.45, 2.75) is 18.9 Å². The van der Waals surface area contributed by atoms with E-state index in [0.717, 1.165) is 23.4 Å². The minimum atomic E-state index is 0.0394. The van der Waals surface area contributed by atoms with E-state index in [-0.39, 0.29) is 11.5 Å². The summed E-state index contributed by atoms with van der Waals surface area (Å²) < 4.78 is 1.77. The Morgan fingerprint density at radius 2 is 1.91 bits per heavy atom. The van der Waals surface area contributed by atoms with Crippen LogP contribution in [0.25, 0.3) is 10.9 Å². The zero-order valence-corrected chi connectivity index (χ0v) is 12.5. The smallest absolute Gasteiger partial charge is 0.261 e. The van der Waals surface area contributed by atoms with E-state index in [1.54, 1.807) is 4.57 Å². The number of nitrogens with one attached hydrogen (secondary N) is 1. The Bertz CT molecular complexity index is 931. The van der Waals surface area contributed by atoms with Gasteiger partial charge < -0.3 is 0 Å². The third kappa shape index (κ3) is 2.50. The molecule has 0 aliphatic carbocycles. The van der Waals surface area contributed by atoms with Crippen LogP contribution in [0.3, 0.4) is 0 Å². The molecule has 0 bridgehead atoms. The molecule has 0 amide bonds. The van der Waals surface area contributed by atoms with Crippen LogP contribution in [0.15, 0.2) is 64.5 Å². The van der Waals surface area contributed by atoms with Gasteiger partial charge in [0.05, 0.1) is 22.5 Å². The van der Waals surface area contributed by atoms with E-state index in [1.807, 2.05) is 60.8 Å². The fraction of sp³-hybridized carbons (Fsp3) is 0.167. The third-order valence-electron chi connectivity index (χ3n) is 4.11. The van der Waals surface area contributed by atoms with Crippen molar-refractivity contribution < 1.29 is 0 Å². The maximum atomic E-state index is 12.5. The molecular weight excluding hydrogens is 288 g/mol. The van der Waals surface area contributed by atoms with E-state index in [9.17, 15) is 4.79 Å². The molecular formula is C18H16N4O. The number of aromatic nitrogens is 2. The summed E-state index contributed by atoms with van der Waals surface area (Å²) in [6.07, 6.45) is 2.69. The Balaban J connectivity index is 1.64. The first kappa shape index (κ1) is 13.7. The van der Waals surface area contributed by atoms with Crippen LogP contribution in [0.4, 0.5) is 5.69 Å². The second-order valence-corrected chi connectivity index (χ2v) is 5.60. The highest BCUT2D eigenvalue weighted by molar-refractivity contribution is 5.78. The number of para-hydroxylation sites is 2. The van der Waals surface area contributed by atoms with E-state index in [0.29, 0.717) is 11.9 Å². The molecule has 2 aromatic carbocycles. The van der Waals surface area contributed by atoms with Gasteiger partial charge in [-0.15, -0.1) is 0 Å². The molecule has 0 radical (unpaired) electrons. The molecule has 5 heteroatoms. The molecule has 1 aromatic heterocycles. The quantitative estimate of drug-likeness (QED) is 0.598. The average Bonchev–Trinajstić information content (AvgIpc) is 2.99. The van der Waals surface area contributed by atoms with Crippen molar-refractivity contribution in [3.63, 3.8) is 0 Å². The molecule has 114 valence electrons. The number of rotatable bonds is 3. The van der Waals surface area contributed by atoms with Crippen molar-refractivity contribution in [3.05, 3.63) is 70.8 Å². The van der Waals surface area contributed by atoms with Gasteiger partial charge in [0.25, 0.3) is 5.56 Å². The number of hydrogen-bond acceptors (Lipinski definition) is 4. The van der Waals surface area contributed by atoms with Crippen molar-refractivity contribution in [1.82, 2.24) is 9.55 Å². The van der Waals surface area contributed by atoms with Crippen LogP contribution < -0.4 is 11.0 Å². The summed E-state index contributed by atoms with van der Waals surface area (Å²) in [5, 5.41) is 4.98. The van der Waals surface area contributed by atoms with Crippen LogP contribution in [0.2, 0.25) is 0 Å². The molecule has 1 unspecified atom stereocenters. The lowest BCUT2D eigenvalue weighted by Gasteiger charge is -2.07. The molecule has 1 N–H and O–H groups in total. The SMILES string of the molecule is O=c1c2ccccc2nc2n1CCC2/C=N/Nc1ccccc1. The molecule has 5 nitrogen and oxygen atoms in total. The summed E-state index contributed by atoms with van der Waals surface area (Å²) in [6, 6.07) is 17.3. The average molecular weight is 304 g/mol. The van der Waals surface area contributed by atoms with Crippen LogP contribution in [0.5, 0.6) is 0 Å². The monoisotopic (exact) mass is 304 g/mol. The number of anilines is 1. The van der Waals surface area contributed by atoms with Gasteiger partial charge in [0.2, 0.25) is 0 Å². The molecule has 0 fully saturated rings. The van der Waals surface area contributed by atoms with Crippen LogP contribution >= 0.6 is 0 Å². The first-order valence-electron chi connectivity index (χ1n) is 7.66. The minimum Gasteiger partial charge on any atom is -0.296 e. The number of benzene rings is 2. The van der Waals surface area contributed by atoms with Crippen LogP contribution in [-0.2, 0) is 6.54 Å². The standard InChI is InChI=1S/C18H16N4O/c23-18-15-8-4-5-9-16(15)20-17-13(10-11-22(17)18)12-19-21-14-6-2-1-3-7-14/h1-9,12-13,21H,10-11H2/b19-12+. The molecule has 4 rings (SSSR count). The van der Waals surface area contributed by atoms with E-state index < -0.39 is 0 Å². The van der Waals surface area contributed by atoms with E-state index in [1.165, 1.54) is 0 Å². The van der Waals surface area contributed by atoms with Gasteiger partial charge in [0.1, 0.15) is 5.82 Å². The summed E-state index contributed by atoms with van der Waals surface area (Å²) in [5.41, 5.74) is 4.73. The lowest BCUT2D eigenvalue weighted by atomic mass is 10.1. The highest BCUT2D eigenvalue weighted by atomic mass is 16.1. The molecule has 1 atom stereocenters. The lowest BCUT2D eigenvalue weighted by molar-refractivity contribution is 0.716. The Labute approximate surface area is 133 Å². The fourth-order valence-electron chi connectivity index (χ4n) is 2.94. The molecule has 0 saturated carbocycles. The number of hydrogen-bond donors (Lipinski definition) is 1. The molecule has 0 saturated heterocycles. The third-order valence-corrected chi connectivity index (χ3v) is 4.11. The van der Waals surface area contributed by atoms with Crippen molar-refractivity contribution in [2.75, 3.05) is 5.43 Å². The molecule has 2 heterocycles. The first-order chi connectivity index (χ1) is 11.3. The summed E-state index contributed by atoms with van der Waals surface area (Å²) in [5.74, 6) is 0.857. The summed E-state index contributed by atoms with van der Waals surface area (Å²) >= 11 is 0. The van der Waals surface area contributed by atoms with Crippen molar-refractivity contribution in [2.24, 2.45) is 5.10 Å². The van der Waals surface area contributed by atoms with E-state index in [4.69, 9.17) is 0 Å². The van der Waals surface area contributed by atoms with E-state index in [2.05, 4.69) is 15.5 Å². The van der Waals surface area contributed by atoms with Gasteiger partial charge in [0.15, 0.2) is 0 Å². The predicted molar refractivity (Wildman–Crippen MR) is 91.9 cm³/mol. The van der Waals surface area contributed by atoms with Crippen LogP contribution in [-0.4, -0.2) is 15.8 Å². The van der Waals surface area contributed by atoms with Crippen molar-refractivity contribution in [1.29, 1.82) is 0 Å². The second-order valence-electron chi connectivity index (χ2n) is 5.60. The van der Waals surface area contributed by atoms with Gasteiger partial charge >= 0.3 is 0 Å². The summed E-state index contributed by atoms with van der Waals surface area (Å²) in [4.78, 5) is 17.2. The zero-order chi connectivity index (χ0) is 15.6. The van der Waals surface area contributed by atoms with Gasteiger partial charge in [-0.1, -0.05) is 30.3 Å². The largest absolute Gasteiger partial charge is 0.296 e. The van der Waals surface area contributed by atoms with Crippen LogP contribution in [0, 0.1) is 0 Å². The van der Waals surface area contributed by atoms with Crippen molar-refractivity contribution in [3.8, 4) is 0 Å². The van der Waals surface area contributed by atoms with Gasteiger partial charge in [-0.3, -0.25) is 14.8 Å². The van der Waals surface area contributed by atoms with Crippen LogP contribution in [0.1, 0.15) is 18.2 Å². The highest BCUT2D eigenvalue weighted by Gasteiger charge is 2.24. The van der Waals surface area contributed by atoms with Gasteiger partial charge in [0, 0.05) is 12.8 Å². The summed E-state index contributed by atoms with van der Waals surface area (Å²) in [6.45, 7) is 0.689.